The van der Waals surface area contributed by atoms with Crippen molar-refractivity contribution >= 4 is 15.9 Å². The predicted octanol–water partition coefficient (Wildman–Crippen LogP) is 4.34. The van der Waals surface area contributed by atoms with Crippen LogP contribution in [0.5, 0.6) is 5.75 Å². The van der Waals surface area contributed by atoms with Gasteiger partial charge < -0.3 is 4.74 Å². The molecule has 0 N–H and O–H groups in total. The molecule has 2 heteroatoms. The third kappa shape index (κ3) is 2.00. The Balaban J connectivity index is 2.44. The summed E-state index contributed by atoms with van der Waals surface area (Å²) < 4.78 is 5.60. The minimum absolute atomic E-state index is 0.614. The molecule has 0 bridgehead atoms. The summed E-state index contributed by atoms with van der Waals surface area (Å²) in [6, 6.07) is 4.46. The zero-order valence-electron chi connectivity index (χ0n) is 10.2. The molecular formula is C14H19BrO. The van der Waals surface area contributed by atoms with Crippen molar-refractivity contribution in [3.63, 3.8) is 0 Å². The standard InChI is InChI=1S/C14H19BrO/c1-9-7-8-12(14(16-3)10(9)2)11-5-4-6-13(11)15/h7-8,11,13H,4-6H2,1-3H3. The predicted molar refractivity (Wildman–Crippen MR) is 71.8 cm³/mol. The molecule has 0 radical (unpaired) electrons. The topological polar surface area (TPSA) is 9.23 Å². The van der Waals surface area contributed by atoms with Crippen molar-refractivity contribution < 1.29 is 4.74 Å². The molecule has 0 saturated heterocycles. The first-order valence-electron chi connectivity index (χ1n) is 5.93. The van der Waals surface area contributed by atoms with Crippen LogP contribution < -0.4 is 4.74 Å². The Morgan fingerprint density at radius 3 is 2.56 bits per heavy atom. The van der Waals surface area contributed by atoms with Crippen molar-refractivity contribution in [3.8, 4) is 5.75 Å². The second-order valence-electron chi connectivity index (χ2n) is 4.68. The van der Waals surface area contributed by atoms with Gasteiger partial charge in [0.05, 0.1) is 7.11 Å². The lowest BCUT2D eigenvalue weighted by molar-refractivity contribution is 0.402. The SMILES string of the molecule is COc1c(C2CCCC2Br)ccc(C)c1C. The van der Waals surface area contributed by atoms with Crippen LogP contribution >= 0.6 is 15.9 Å². The molecule has 16 heavy (non-hydrogen) atoms. The number of ether oxygens (including phenoxy) is 1. The lowest BCUT2D eigenvalue weighted by Crippen LogP contribution is -2.07. The molecule has 2 atom stereocenters. The van der Waals surface area contributed by atoms with Crippen LogP contribution in [0.15, 0.2) is 12.1 Å². The van der Waals surface area contributed by atoms with E-state index in [4.69, 9.17) is 4.74 Å². The summed E-state index contributed by atoms with van der Waals surface area (Å²) in [4.78, 5) is 0.614. The van der Waals surface area contributed by atoms with Crippen molar-refractivity contribution in [1.82, 2.24) is 0 Å². The quantitative estimate of drug-likeness (QED) is 0.733. The van der Waals surface area contributed by atoms with Crippen molar-refractivity contribution in [1.29, 1.82) is 0 Å². The van der Waals surface area contributed by atoms with Gasteiger partial charge in [-0.2, -0.15) is 0 Å². The van der Waals surface area contributed by atoms with Crippen LogP contribution in [-0.2, 0) is 0 Å². The Bertz CT molecular complexity index is 387. The van der Waals surface area contributed by atoms with Gasteiger partial charge in [0.25, 0.3) is 0 Å². The van der Waals surface area contributed by atoms with Gasteiger partial charge in [-0.3, -0.25) is 0 Å². The van der Waals surface area contributed by atoms with Crippen molar-refractivity contribution in [2.45, 2.75) is 43.9 Å². The van der Waals surface area contributed by atoms with Gasteiger partial charge in [0, 0.05) is 10.7 Å². The minimum Gasteiger partial charge on any atom is -0.496 e. The van der Waals surface area contributed by atoms with Gasteiger partial charge in [-0.25, -0.2) is 0 Å². The molecule has 1 nitrogen and oxygen atoms in total. The van der Waals surface area contributed by atoms with E-state index in [2.05, 4.69) is 41.9 Å². The van der Waals surface area contributed by atoms with Gasteiger partial charge in [-0.15, -0.1) is 0 Å². The average molecular weight is 283 g/mol. The van der Waals surface area contributed by atoms with Gasteiger partial charge >= 0.3 is 0 Å². The number of rotatable bonds is 2. The Kier molecular flexibility index (Phi) is 3.58. The van der Waals surface area contributed by atoms with Crippen molar-refractivity contribution in [3.05, 3.63) is 28.8 Å². The number of aryl methyl sites for hydroxylation is 1. The van der Waals surface area contributed by atoms with Crippen LogP contribution in [0, 0.1) is 13.8 Å². The maximum atomic E-state index is 5.60. The van der Waals surface area contributed by atoms with Gasteiger partial charge in [0.1, 0.15) is 5.75 Å². The highest BCUT2D eigenvalue weighted by Gasteiger charge is 2.29. The Labute approximate surface area is 106 Å². The van der Waals surface area contributed by atoms with Crippen LogP contribution in [-0.4, -0.2) is 11.9 Å². The van der Waals surface area contributed by atoms with E-state index in [0.29, 0.717) is 10.7 Å². The highest BCUT2D eigenvalue weighted by Crippen LogP contribution is 2.43. The fourth-order valence-corrected chi connectivity index (χ4v) is 3.51. The van der Waals surface area contributed by atoms with Crippen LogP contribution in [0.2, 0.25) is 0 Å². The second-order valence-corrected chi connectivity index (χ2v) is 5.86. The van der Waals surface area contributed by atoms with E-state index in [0.717, 1.165) is 5.75 Å². The largest absolute Gasteiger partial charge is 0.496 e. The molecule has 1 fully saturated rings. The van der Waals surface area contributed by atoms with E-state index in [1.807, 2.05) is 0 Å². The summed E-state index contributed by atoms with van der Waals surface area (Å²) in [5.74, 6) is 1.71. The molecule has 0 aliphatic heterocycles. The van der Waals surface area contributed by atoms with Crippen molar-refractivity contribution in [2.24, 2.45) is 0 Å². The van der Waals surface area contributed by atoms with Crippen molar-refractivity contribution in [2.75, 3.05) is 7.11 Å². The molecule has 0 heterocycles. The Morgan fingerprint density at radius 2 is 2.00 bits per heavy atom. The summed E-state index contributed by atoms with van der Waals surface area (Å²) in [6.07, 6.45) is 3.87. The van der Waals surface area contributed by atoms with E-state index >= 15 is 0 Å². The highest BCUT2D eigenvalue weighted by molar-refractivity contribution is 9.09. The molecule has 1 aliphatic carbocycles. The summed E-state index contributed by atoms with van der Waals surface area (Å²) in [5.41, 5.74) is 3.97. The van der Waals surface area contributed by atoms with Gasteiger partial charge in [-0.1, -0.05) is 34.5 Å². The molecule has 88 valence electrons. The molecular weight excluding hydrogens is 264 g/mol. The lowest BCUT2D eigenvalue weighted by Gasteiger charge is -2.20. The third-order valence-electron chi connectivity index (χ3n) is 3.74. The van der Waals surface area contributed by atoms with E-state index < -0.39 is 0 Å². The maximum Gasteiger partial charge on any atom is 0.125 e. The number of halogens is 1. The molecule has 0 spiro atoms. The van der Waals surface area contributed by atoms with Crippen LogP contribution in [0.4, 0.5) is 0 Å². The number of benzene rings is 1. The molecule has 2 rings (SSSR count). The third-order valence-corrected chi connectivity index (χ3v) is 4.84. The highest BCUT2D eigenvalue weighted by atomic mass is 79.9. The first-order valence-corrected chi connectivity index (χ1v) is 6.85. The van der Waals surface area contributed by atoms with E-state index in [9.17, 15) is 0 Å². The summed E-state index contributed by atoms with van der Waals surface area (Å²) in [6.45, 7) is 4.29. The van der Waals surface area contributed by atoms with E-state index in [-0.39, 0.29) is 0 Å². The molecule has 0 amide bonds. The first-order chi connectivity index (χ1) is 7.65. The molecule has 1 aromatic carbocycles. The van der Waals surface area contributed by atoms with Gasteiger partial charge in [0.15, 0.2) is 0 Å². The first kappa shape index (κ1) is 12.0. The smallest absolute Gasteiger partial charge is 0.125 e. The fraction of sp³-hybridized carbons (Fsp3) is 0.571. The van der Waals surface area contributed by atoms with Crippen LogP contribution in [0.25, 0.3) is 0 Å². The van der Waals surface area contributed by atoms with Gasteiger partial charge in [-0.05, 0) is 43.4 Å². The van der Waals surface area contributed by atoms with E-state index in [1.54, 1.807) is 7.11 Å². The second kappa shape index (κ2) is 4.79. The Hall–Kier alpha value is -0.500. The van der Waals surface area contributed by atoms with Gasteiger partial charge in [0.2, 0.25) is 0 Å². The number of hydrogen-bond donors (Lipinski definition) is 0. The normalized spacial score (nSPS) is 24.8. The monoisotopic (exact) mass is 282 g/mol. The molecule has 2 unspecified atom stereocenters. The average Bonchev–Trinajstić information content (AvgIpc) is 2.68. The zero-order chi connectivity index (χ0) is 11.7. The molecule has 1 saturated carbocycles. The summed E-state index contributed by atoms with van der Waals surface area (Å²) in [7, 11) is 1.78. The molecule has 1 aromatic rings. The minimum atomic E-state index is 0.614. The summed E-state index contributed by atoms with van der Waals surface area (Å²) >= 11 is 3.79. The number of alkyl halides is 1. The fourth-order valence-electron chi connectivity index (χ4n) is 2.64. The Morgan fingerprint density at radius 1 is 1.25 bits per heavy atom. The number of hydrogen-bond acceptors (Lipinski definition) is 1. The van der Waals surface area contributed by atoms with E-state index in [1.165, 1.54) is 36.0 Å². The van der Waals surface area contributed by atoms with Crippen LogP contribution in [0.3, 0.4) is 0 Å². The molecule has 1 aliphatic rings. The zero-order valence-corrected chi connectivity index (χ0v) is 11.8. The number of methoxy groups -OCH3 is 1. The molecule has 0 aromatic heterocycles. The summed E-state index contributed by atoms with van der Waals surface area (Å²) in [5, 5.41) is 0. The lowest BCUT2D eigenvalue weighted by atomic mass is 9.93. The maximum absolute atomic E-state index is 5.60. The van der Waals surface area contributed by atoms with Crippen LogP contribution in [0.1, 0.15) is 41.9 Å².